The summed E-state index contributed by atoms with van der Waals surface area (Å²) in [7, 11) is 0. The molecule has 8 heteroatoms. The van der Waals surface area contributed by atoms with Crippen LogP contribution in [0, 0.1) is 5.82 Å². The van der Waals surface area contributed by atoms with Gasteiger partial charge < -0.3 is 25.0 Å². The predicted molar refractivity (Wildman–Crippen MR) is 146 cm³/mol. The van der Waals surface area contributed by atoms with Crippen LogP contribution in [0.15, 0.2) is 60.7 Å². The zero-order valence-corrected chi connectivity index (χ0v) is 21.9. The molecule has 0 amide bonds. The Morgan fingerprint density at radius 3 is 2.08 bits per heavy atom. The Balaban J connectivity index is 1.42. The van der Waals surface area contributed by atoms with E-state index >= 15 is 0 Å². The third kappa shape index (κ3) is 6.82. The number of rotatable bonds is 11. The fourth-order valence-electron chi connectivity index (χ4n) is 4.73. The summed E-state index contributed by atoms with van der Waals surface area (Å²) in [5.74, 6) is 0.144. The van der Waals surface area contributed by atoms with Crippen molar-refractivity contribution in [2.45, 2.75) is 38.8 Å². The van der Waals surface area contributed by atoms with Gasteiger partial charge in [0, 0.05) is 31.9 Å². The van der Waals surface area contributed by atoms with Crippen molar-refractivity contribution >= 4 is 11.7 Å². The van der Waals surface area contributed by atoms with Crippen LogP contribution in [-0.4, -0.2) is 59.5 Å². The number of aromatic carboxylic acids is 1. The second-order valence-electron chi connectivity index (χ2n) is 9.58. The Hall–Kier alpha value is -3.62. The van der Waals surface area contributed by atoms with Gasteiger partial charge in [-0.25, -0.2) is 9.18 Å². The Kier molecular flexibility index (Phi) is 8.86. The summed E-state index contributed by atoms with van der Waals surface area (Å²) in [5, 5.41) is 23.4. The molecule has 0 saturated carbocycles. The lowest BCUT2D eigenvalue weighted by molar-refractivity contribution is -0.0120. The van der Waals surface area contributed by atoms with Crippen molar-refractivity contribution in [2.75, 3.05) is 38.2 Å². The second kappa shape index (κ2) is 12.3. The minimum atomic E-state index is -0.964. The van der Waals surface area contributed by atoms with E-state index in [0.717, 1.165) is 35.5 Å². The second-order valence-corrected chi connectivity index (χ2v) is 9.58. The number of hydrogen-bond donors (Lipinski definition) is 3. The number of nitrogens with zero attached hydrogens (tertiary/aromatic N) is 1. The van der Waals surface area contributed by atoms with Crippen molar-refractivity contribution in [3.8, 4) is 22.6 Å². The average molecular weight is 523 g/mol. The highest BCUT2D eigenvalue weighted by Gasteiger charge is 2.32. The zero-order chi connectivity index (χ0) is 27.1. The fourth-order valence-corrected chi connectivity index (χ4v) is 4.73. The lowest BCUT2D eigenvalue weighted by atomic mass is 9.91. The Bertz CT molecular complexity index is 1200. The normalized spacial score (nSPS) is 15.2. The van der Waals surface area contributed by atoms with Crippen molar-refractivity contribution in [2.24, 2.45) is 0 Å². The van der Waals surface area contributed by atoms with Crippen LogP contribution in [0.4, 0.5) is 10.1 Å². The molecule has 3 aromatic rings. The quantitative estimate of drug-likeness (QED) is 0.309. The molecule has 0 aliphatic carbocycles. The van der Waals surface area contributed by atoms with Gasteiger partial charge in [-0.2, -0.15) is 0 Å². The van der Waals surface area contributed by atoms with Crippen molar-refractivity contribution in [3.05, 3.63) is 77.6 Å². The summed E-state index contributed by atoms with van der Waals surface area (Å²) in [4.78, 5) is 13.3. The number of piperidine rings is 1. The van der Waals surface area contributed by atoms with Crippen LogP contribution < -0.4 is 14.8 Å². The highest BCUT2D eigenvalue weighted by Crippen LogP contribution is 2.40. The topological polar surface area (TPSA) is 91.3 Å². The summed E-state index contributed by atoms with van der Waals surface area (Å²) in [6.07, 6.45) is 1.22. The maximum Gasteiger partial charge on any atom is 0.335 e. The molecule has 202 valence electrons. The first kappa shape index (κ1) is 27.4. The molecule has 1 heterocycles. The highest BCUT2D eigenvalue weighted by molar-refractivity contribution is 5.88. The fraction of sp³-hybridized carbons (Fsp3) is 0.367. The standard InChI is InChI=1S/C30H35FN2O5/c1-3-37-26-17-21(18-27(38-4-2)28(26)22-5-9-24(31)10-6-22)19-33-15-13-30(36,14-16-33)20-32-25-11-7-23(8-12-25)29(34)35/h5-12,17-18,32,36H,3-4,13-16,19-20H2,1-2H3,(H,34,35). The minimum Gasteiger partial charge on any atom is -0.493 e. The molecule has 1 fully saturated rings. The maximum absolute atomic E-state index is 13.5. The summed E-state index contributed by atoms with van der Waals surface area (Å²) < 4.78 is 25.5. The third-order valence-corrected chi connectivity index (χ3v) is 6.80. The molecule has 0 aromatic heterocycles. The van der Waals surface area contributed by atoms with Gasteiger partial charge in [0.05, 0.1) is 29.9 Å². The number of carboxylic acids is 1. The van der Waals surface area contributed by atoms with Gasteiger partial charge in [0.25, 0.3) is 0 Å². The largest absolute Gasteiger partial charge is 0.493 e. The number of nitrogens with one attached hydrogen (secondary N) is 1. The van der Waals surface area contributed by atoms with Crippen LogP contribution in [0.1, 0.15) is 42.6 Å². The van der Waals surface area contributed by atoms with Crippen LogP contribution in [-0.2, 0) is 6.54 Å². The van der Waals surface area contributed by atoms with E-state index in [4.69, 9.17) is 14.6 Å². The molecule has 7 nitrogen and oxygen atoms in total. The van der Waals surface area contributed by atoms with E-state index in [1.54, 1.807) is 36.4 Å². The Labute approximate surface area is 222 Å². The first-order chi connectivity index (χ1) is 18.3. The summed E-state index contributed by atoms with van der Waals surface area (Å²) >= 11 is 0. The molecule has 1 aliphatic heterocycles. The van der Waals surface area contributed by atoms with Crippen LogP contribution in [0.3, 0.4) is 0 Å². The molecule has 0 radical (unpaired) electrons. The van der Waals surface area contributed by atoms with Gasteiger partial charge in [-0.3, -0.25) is 4.90 Å². The summed E-state index contributed by atoms with van der Waals surface area (Å²) in [5.41, 5.74) is 2.85. The number of halogens is 1. The van der Waals surface area contributed by atoms with E-state index in [-0.39, 0.29) is 11.4 Å². The lowest BCUT2D eigenvalue weighted by Gasteiger charge is -2.38. The first-order valence-electron chi connectivity index (χ1n) is 13.0. The Morgan fingerprint density at radius 2 is 1.55 bits per heavy atom. The number of anilines is 1. The SMILES string of the molecule is CCOc1cc(CN2CCC(O)(CNc3ccc(C(=O)O)cc3)CC2)cc(OCC)c1-c1ccc(F)cc1. The molecular weight excluding hydrogens is 487 g/mol. The van der Waals surface area contributed by atoms with E-state index in [1.165, 1.54) is 12.1 Å². The molecular formula is C30H35FN2O5. The van der Waals surface area contributed by atoms with Gasteiger partial charge in [0.2, 0.25) is 0 Å². The molecule has 0 unspecified atom stereocenters. The average Bonchev–Trinajstić information content (AvgIpc) is 2.90. The molecule has 3 N–H and O–H groups in total. The number of benzene rings is 3. The van der Waals surface area contributed by atoms with Gasteiger partial charge in [0.1, 0.15) is 17.3 Å². The zero-order valence-electron chi connectivity index (χ0n) is 21.9. The van der Waals surface area contributed by atoms with Crippen molar-refractivity contribution in [3.63, 3.8) is 0 Å². The smallest absolute Gasteiger partial charge is 0.335 e. The van der Waals surface area contributed by atoms with Crippen LogP contribution in [0.5, 0.6) is 11.5 Å². The van der Waals surface area contributed by atoms with Gasteiger partial charge in [0.15, 0.2) is 0 Å². The van der Waals surface area contributed by atoms with E-state index < -0.39 is 11.6 Å². The minimum absolute atomic E-state index is 0.230. The number of carboxylic acid groups (broad SMARTS) is 1. The molecule has 0 bridgehead atoms. The molecule has 1 aliphatic rings. The molecule has 1 saturated heterocycles. The molecule has 0 atom stereocenters. The summed E-state index contributed by atoms with van der Waals surface area (Å²) in [6, 6.07) is 16.9. The highest BCUT2D eigenvalue weighted by atomic mass is 19.1. The van der Waals surface area contributed by atoms with Crippen molar-refractivity contribution < 1.29 is 28.9 Å². The van der Waals surface area contributed by atoms with Gasteiger partial charge in [-0.15, -0.1) is 0 Å². The molecule has 0 spiro atoms. The van der Waals surface area contributed by atoms with Crippen LogP contribution in [0.2, 0.25) is 0 Å². The maximum atomic E-state index is 13.5. The van der Waals surface area contributed by atoms with E-state index in [2.05, 4.69) is 10.2 Å². The number of aliphatic hydroxyl groups is 1. The molecule has 4 rings (SSSR count). The van der Waals surface area contributed by atoms with E-state index in [0.29, 0.717) is 50.6 Å². The van der Waals surface area contributed by atoms with E-state index in [9.17, 15) is 14.3 Å². The number of ether oxygens (including phenoxy) is 2. The first-order valence-corrected chi connectivity index (χ1v) is 13.0. The third-order valence-electron chi connectivity index (χ3n) is 6.80. The Morgan fingerprint density at radius 1 is 0.974 bits per heavy atom. The number of hydrogen-bond acceptors (Lipinski definition) is 6. The summed E-state index contributed by atoms with van der Waals surface area (Å²) in [6.45, 7) is 7.38. The van der Waals surface area contributed by atoms with Crippen molar-refractivity contribution in [1.82, 2.24) is 4.90 Å². The predicted octanol–water partition coefficient (Wildman–Crippen LogP) is 5.43. The van der Waals surface area contributed by atoms with Gasteiger partial charge >= 0.3 is 5.97 Å². The van der Waals surface area contributed by atoms with Crippen LogP contribution >= 0.6 is 0 Å². The number of carbonyl (C=O) groups is 1. The molecule has 3 aromatic carbocycles. The lowest BCUT2D eigenvalue weighted by Crippen LogP contribution is -2.48. The van der Waals surface area contributed by atoms with Crippen LogP contribution in [0.25, 0.3) is 11.1 Å². The van der Waals surface area contributed by atoms with Crippen molar-refractivity contribution in [1.29, 1.82) is 0 Å². The van der Waals surface area contributed by atoms with E-state index in [1.807, 2.05) is 26.0 Å². The van der Waals surface area contributed by atoms with Gasteiger partial charge in [-0.1, -0.05) is 12.1 Å². The monoisotopic (exact) mass is 522 g/mol. The molecule has 38 heavy (non-hydrogen) atoms. The number of likely N-dealkylation sites (tertiary alicyclic amines) is 1. The van der Waals surface area contributed by atoms with Gasteiger partial charge in [-0.05, 0) is 86.3 Å².